The van der Waals surface area contributed by atoms with Crippen molar-refractivity contribution >= 4 is 0 Å². The molecule has 0 amide bonds. The van der Waals surface area contributed by atoms with Crippen LogP contribution in [0.15, 0.2) is 18.2 Å². The second-order valence-corrected chi connectivity index (χ2v) is 6.17. The van der Waals surface area contributed by atoms with E-state index in [1.165, 1.54) is 44.2 Å². The van der Waals surface area contributed by atoms with Crippen LogP contribution in [0.4, 0.5) is 8.78 Å². The first-order chi connectivity index (χ1) is 9.65. The molecule has 1 aromatic carbocycles. The number of hydrogen-bond donors (Lipinski definition) is 1. The average Bonchev–Trinajstić information content (AvgIpc) is 2.87. The molecule has 0 aromatic heterocycles. The van der Waals surface area contributed by atoms with Crippen molar-refractivity contribution in [1.29, 1.82) is 0 Å². The number of piperidine rings is 1. The van der Waals surface area contributed by atoms with Gasteiger partial charge in [-0.15, -0.1) is 0 Å². The van der Waals surface area contributed by atoms with Crippen molar-refractivity contribution < 1.29 is 8.78 Å². The Morgan fingerprint density at radius 3 is 2.80 bits per heavy atom. The second kappa shape index (κ2) is 5.78. The van der Waals surface area contributed by atoms with Gasteiger partial charge in [0.25, 0.3) is 0 Å². The van der Waals surface area contributed by atoms with Crippen LogP contribution in [0.1, 0.15) is 43.7 Å². The third-order valence-electron chi connectivity index (χ3n) is 4.90. The Kier molecular flexibility index (Phi) is 4.03. The average molecular weight is 280 g/mol. The van der Waals surface area contributed by atoms with E-state index in [-0.39, 0.29) is 6.04 Å². The summed E-state index contributed by atoms with van der Waals surface area (Å²) < 4.78 is 26.7. The maximum Gasteiger partial charge on any atom is 0.130 e. The molecule has 1 aliphatic heterocycles. The van der Waals surface area contributed by atoms with Gasteiger partial charge in [0.15, 0.2) is 0 Å². The van der Waals surface area contributed by atoms with Gasteiger partial charge in [-0.1, -0.05) is 12.5 Å². The molecule has 0 spiro atoms. The lowest BCUT2D eigenvalue weighted by Gasteiger charge is -2.39. The molecule has 1 saturated heterocycles. The lowest BCUT2D eigenvalue weighted by Crippen LogP contribution is -2.45. The van der Waals surface area contributed by atoms with Crippen molar-refractivity contribution in [2.24, 2.45) is 11.7 Å². The van der Waals surface area contributed by atoms with E-state index in [0.29, 0.717) is 18.2 Å². The summed E-state index contributed by atoms with van der Waals surface area (Å²) in [7, 11) is 0. The first kappa shape index (κ1) is 14.0. The van der Waals surface area contributed by atoms with Gasteiger partial charge in [-0.05, 0) is 44.2 Å². The maximum absolute atomic E-state index is 13.8. The number of halogens is 2. The van der Waals surface area contributed by atoms with E-state index in [2.05, 4.69) is 4.90 Å². The number of nitrogens with zero attached hydrogens (tertiary/aromatic N) is 1. The molecular weight excluding hydrogens is 258 g/mol. The van der Waals surface area contributed by atoms with Gasteiger partial charge in [-0.2, -0.15) is 0 Å². The van der Waals surface area contributed by atoms with Crippen LogP contribution in [-0.2, 0) is 0 Å². The van der Waals surface area contributed by atoms with E-state index in [9.17, 15) is 8.78 Å². The third kappa shape index (κ3) is 2.72. The summed E-state index contributed by atoms with van der Waals surface area (Å²) in [6.07, 6.45) is 6.39. The van der Waals surface area contributed by atoms with Crippen molar-refractivity contribution in [3.8, 4) is 0 Å². The lowest BCUT2D eigenvalue weighted by atomic mass is 9.91. The Hall–Kier alpha value is -1.00. The molecular formula is C16H22F2N2. The van der Waals surface area contributed by atoms with Gasteiger partial charge in [0.1, 0.15) is 11.6 Å². The molecule has 2 aliphatic rings. The fraction of sp³-hybridized carbons (Fsp3) is 0.625. The molecule has 1 aromatic rings. The normalized spacial score (nSPS) is 28.4. The number of nitrogens with two attached hydrogens (primary N) is 1. The minimum absolute atomic E-state index is 0.380. The standard InChI is InChI=1S/C16H22F2N2/c17-12-6-7-13(14(18)9-12)15(19)10-20-8-2-4-11-3-1-5-16(11)20/h6-7,9,11,15-16H,1-5,8,10,19H2. The predicted molar refractivity (Wildman–Crippen MR) is 75.2 cm³/mol. The van der Waals surface area contributed by atoms with E-state index < -0.39 is 11.6 Å². The summed E-state index contributed by atoms with van der Waals surface area (Å²) in [5.74, 6) is -0.279. The maximum atomic E-state index is 13.8. The first-order valence-electron chi connectivity index (χ1n) is 7.59. The topological polar surface area (TPSA) is 29.3 Å². The first-order valence-corrected chi connectivity index (χ1v) is 7.59. The van der Waals surface area contributed by atoms with Gasteiger partial charge in [-0.3, -0.25) is 4.90 Å². The molecule has 4 heteroatoms. The van der Waals surface area contributed by atoms with Crippen LogP contribution >= 0.6 is 0 Å². The van der Waals surface area contributed by atoms with Crippen LogP contribution in [0, 0.1) is 17.6 Å². The van der Waals surface area contributed by atoms with Crippen molar-refractivity contribution in [2.45, 2.75) is 44.2 Å². The Morgan fingerprint density at radius 2 is 2.00 bits per heavy atom. The summed E-state index contributed by atoms with van der Waals surface area (Å²) in [6, 6.07) is 3.93. The van der Waals surface area contributed by atoms with Gasteiger partial charge in [0.05, 0.1) is 0 Å². The van der Waals surface area contributed by atoms with Gasteiger partial charge in [0, 0.05) is 30.3 Å². The number of fused-ring (bicyclic) bond motifs is 1. The monoisotopic (exact) mass is 280 g/mol. The molecule has 1 heterocycles. The predicted octanol–water partition coefficient (Wildman–Crippen LogP) is 3.23. The Bertz CT molecular complexity index is 478. The van der Waals surface area contributed by atoms with Crippen LogP contribution in [0.5, 0.6) is 0 Å². The zero-order valence-electron chi connectivity index (χ0n) is 11.7. The number of hydrogen-bond acceptors (Lipinski definition) is 2. The minimum Gasteiger partial charge on any atom is -0.323 e. The highest BCUT2D eigenvalue weighted by molar-refractivity contribution is 5.22. The smallest absolute Gasteiger partial charge is 0.130 e. The SMILES string of the molecule is NC(CN1CCCC2CCCC21)c1ccc(F)cc1F. The van der Waals surface area contributed by atoms with Crippen molar-refractivity contribution in [2.75, 3.05) is 13.1 Å². The van der Waals surface area contributed by atoms with Crippen LogP contribution < -0.4 is 5.73 Å². The van der Waals surface area contributed by atoms with E-state index in [1.54, 1.807) is 0 Å². The van der Waals surface area contributed by atoms with Crippen LogP contribution in [-0.4, -0.2) is 24.0 Å². The fourth-order valence-corrected chi connectivity index (χ4v) is 3.94. The molecule has 20 heavy (non-hydrogen) atoms. The molecule has 3 rings (SSSR count). The third-order valence-corrected chi connectivity index (χ3v) is 4.90. The second-order valence-electron chi connectivity index (χ2n) is 6.17. The highest BCUT2D eigenvalue weighted by Crippen LogP contribution is 2.37. The molecule has 2 N–H and O–H groups in total. The van der Waals surface area contributed by atoms with E-state index in [1.807, 2.05) is 0 Å². The summed E-state index contributed by atoms with van der Waals surface area (Å²) in [5.41, 5.74) is 6.58. The summed E-state index contributed by atoms with van der Waals surface area (Å²) >= 11 is 0. The Morgan fingerprint density at radius 1 is 1.20 bits per heavy atom. The molecule has 3 unspecified atom stereocenters. The quantitative estimate of drug-likeness (QED) is 0.921. The van der Waals surface area contributed by atoms with Crippen molar-refractivity contribution in [3.05, 3.63) is 35.4 Å². The zero-order valence-corrected chi connectivity index (χ0v) is 11.7. The molecule has 3 atom stereocenters. The lowest BCUT2D eigenvalue weighted by molar-refractivity contribution is 0.106. The van der Waals surface area contributed by atoms with E-state index in [4.69, 9.17) is 5.73 Å². The van der Waals surface area contributed by atoms with Crippen molar-refractivity contribution in [3.63, 3.8) is 0 Å². The van der Waals surface area contributed by atoms with Gasteiger partial charge in [-0.25, -0.2) is 8.78 Å². The van der Waals surface area contributed by atoms with Gasteiger partial charge < -0.3 is 5.73 Å². The number of benzene rings is 1. The summed E-state index contributed by atoms with van der Waals surface area (Å²) in [5, 5.41) is 0. The highest BCUT2D eigenvalue weighted by Gasteiger charge is 2.35. The highest BCUT2D eigenvalue weighted by atomic mass is 19.1. The largest absolute Gasteiger partial charge is 0.323 e. The molecule has 0 bridgehead atoms. The molecule has 2 nitrogen and oxygen atoms in total. The Balaban J connectivity index is 1.70. The van der Waals surface area contributed by atoms with Crippen LogP contribution in [0.25, 0.3) is 0 Å². The number of likely N-dealkylation sites (tertiary alicyclic amines) is 1. The van der Waals surface area contributed by atoms with Crippen LogP contribution in [0.3, 0.4) is 0 Å². The van der Waals surface area contributed by atoms with E-state index in [0.717, 1.165) is 18.5 Å². The molecule has 0 radical (unpaired) electrons. The zero-order chi connectivity index (χ0) is 14.1. The summed E-state index contributed by atoms with van der Waals surface area (Å²) in [6.45, 7) is 1.72. The Labute approximate surface area is 118 Å². The molecule has 1 saturated carbocycles. The molecule has 2 fully saturated rings. The van der Waals surface area contributed by atoms with Gasteiger partial charge >= 0.3 is 0 Å². The molecule has 1 aliphatic carbocycles. The van der Waals surface area contributed by atoms with Crippen molar-refractivity contribution in [1.82, 2.24) is 4.90 Å². The molecule has 110 valence electrons. The van der Waals surface area contributed by atoms with Gasteiger partial charge in [0.2, 0.25) is 0 Å². The van der Waals surface area contributed by atoms with E-state index >= 15 is 0 Å². The van der Waals surface area contributed by atoms with Crippen LogP contribution in [0.2, 0.25) is 0 Å². The minimum atomic E-state index is -0.549. The summed E-state index contributed by atoms with van der Waals surface area (Å²) in [4.78, 5) is 2.43. The number of rotatable bonds is 3. The fourth-order valence-electron chi connectivity index (χ4n) is 3.94.